The van der Waals surface area contributed by atoms with Crippen molar-refractivity contribution in [3.05, 3.63) is 0 Å². The zero-order chi connectivity index (χ0) is 20.2. The van der Waals surface area contributed by atoms with Crippen molar-refractivity contribution in [2.45, 2.75) is 116 Å². The topological polar surface area (TPSA) is 94.8 Å². The van der Waals surface area contributed by atoms with Gasteiger partial charge in [0.1, 0.15) is 0 Å². The van der Waals surface area contributed by atoms with Crippen LogP contribution in [0, 0.1) is 5.92 Å². The van der Waals surface area contributed by atoms with Gasteiger partial charge >= 0.3 is 11.9 Å². The van der Waals surface area contributed by atoms with Gasteiger partial charge in [0.2, 0.25) is 0 Å². The van der Waals surface area contributed by atoms with Crippen molar-refractivity contribution in [3.8, 4) is 0 Å². The molecule has 0 aromatic rings. The van der Waals surface area contributed by atoms with E-state index in [1.807, 2.05) is 0 Å². The maximum Gasteiger partial charge on any atom is 0.306 e. The van der Waals surface area contributed by atoms with Crippen LogP contribution >= 0.6 is 0 Å². The lowest BCUT2D eigenvalue weighted by Crippen LogP contribution is -2.15. The second kappa shape index (κ2) is 19.7. The highest BCUT2D eigenvalue weighted by molar-refractivity contribution is 5.69. The fourth-order valence-corrected chi connectivity index (χ4v) is 3.51. The Morgan fingerprint density at radius 2 is 0.926 bits per heavy atom. The van der Waals surface area contributed by atoms with E-state index in [9.17, 15) is 9.59 Å². The van der Waals surface area contributed by atoms with Crippen LogP contribution < -0.4 is 0 Å². The van der Waals surface area contributed by atoms with E-state index in [4.69, 9.17) is 15.3 Å². The SMILES string of the molecule is O=C(O)CCCCCCCCCCCCCCCCCC(CCO)C(=O)O. The van der Waals surface area contributed by atoms with Crippen molar-refractivity contribution in [2.24, 2.45) is 5.92 Å². The number of hydrogen-bond acceptors (Lipinski definition) is 3. The zero-order valence-corrected chi connectivity index (χ0v) is 17.2. The first-order valence-corrected chi connectivity index (χ1v) is 11.1. The van der Waals surface area contributed by atoms with Gasteiger partial charge in [-0.1, -0.05) is 89.9 Å². The molecule has 27 heavy (non-hydrogen) atoms. The predicted molar refractivity (Wildman–Crippen MR) is 109 cm³/mol. The molecule has 0 spiro atoms. The Morgan fingerprint density at radius 1 is 0.556 bits per heavy atom. The largest absolute Gasteiger partial charge is 0.481 e. The Balaban J connectivity index is 3.18. The van der Waals surface area contributed by atoms with E-state index >= 15 is 0 Å². The number of carbonyl (C=O) groups is 2. The molecule has 1 unspecified atom stereocenters. The monoisotopic (exact) mass is 386 g/mol. The van der Waals surface area contributed by atoms with Crippen LogP contribution in [0.2, 0.25) is 0 Å². The molecular weight excluding hydrogens is 344 g/mol. The Hall–Kier alpha value is -1.10. The third kappa shape index (κ3) is 19.5. The van der Waals surface area contributed by atoms with Crippen molar-refractivity contribution in [3.63, 3.8) is 0 Å². The minimum Gasteiger partial charge on any atom is -0.481 e. The smallest absolute Gasteiger partial charge is 0.306 e. The van der Waals surface area contributed by atoms with E-state index in [-0.39, 0.29) is 12.5 Å². The van der Waals surface area contributed by atoms with Gasteiger partial charge in [-0.25, -0.2) is 0 Å². The standard InChI is InChI=1S/C22H42O5/c23-19-18-20(22(26)27)16-14-12-10-8-6-4-2-1-3-5-7-9-11-13-15-17-21(24)25/h20,23H,1-19H2,(H,24,25)(H,26,27). The van der Waals surface area contributed by atoms with Gasteiger partial charge in [0.15, 0.2) is 0 Å². The number of hydrogen-bond donors (Lipinski definition) is 3. The van der Waals surface area contributed by atoms with Crippen molar-refractivity contribution >= 4 is 11.9 Å². The van der Waals surface area contributed by atoms with Crippen molar-refractivity contribution in [1.29, 1.82) is 0 Å². The van der Waals surface area contributed by atoms with Crippen LogP contribution in [-0.4, -0.2) is 33.9 Å². The van der Waals surface area contributed by atoms with Gasteiger partial charge in [-0.3, -0.25) is 9.59 Å². The summed E-state index contributed by atoms with van der Waals surface area (Å²) in [6, 6.07) is 0. The highest BCUT2D eigenvalue weighted by Crippen LogP contribution is 2.17. The molecule has 0 rings (SSSR count). The first kappa shape index (κ1) is 25.9. The summed E-state index contributed by atoms with van der Waals surface area (Å²) in [5, 5.41) is 26.4. The fourth-order valence-electron chi connectivity index (χ4n) is 3.51. The van der Waals surface area contributed by atoms with Gasteiger partial charge in [-0.05, 0) is 19.3 Å². The molecule has 0 aromatic heterocycles. The maximum absolute atomic E-state index is 11.0. The summed E-state index contributed by atoms with van der Waals surface area (Å²) < 4.78 is 0. The molecule has 1 atom stereocenters. The second-order valence-electron chi connectivity index (χ2n) is 7.78. The molecule has 0 amide bonds. The van der Waals surface area contributed by atoms with Crippen LogP contribution in [-0.2, 0) is 9.59 Å². The molecule has 0 aliphatic carbocycles. The van der Waals surface area contributed by atoms with Gasteiger partial charge in [0.25, 0.3) is 0 Å². The number of unbranched alkanes of at least 4 members (excludes halogenated alkanes) is 14. The molecule has 0 fully saturated rings. The minimum atomic E-state index is -0.776. The number of carboxylic acid groups (broad SMARTS) is 2. The van der Waals surface area contributed by atoms with Crippen LogP contribution in [0.1, 0.15) is 116 Å². The van der Waals surface area contributed by atoms with E-state index in [0.717, 1.165) is 25.7 Å². The molecule has 0 bridgehead atoms. The lowest BCUT2D eigenvalue weighted by molar-refractivity contribution is -0.142. The van der Waals surface area contributed by atoms with Crippen molar-refractivity contribution in [2.75, 3.05) is 6.61 Å². The molecule has 5 nitrogen and oxygen atoms in total. The normalized spacial score (nSPS) is 12.2. The van der Waals surface area contributed by atoms with Gasteiger partial charge in [-0.15, -0.1) is 0 Å². The molecular formula is C22H42O5. The van der Waals surface area contributed by atoms with Gasteiger partial charge in [0, 0.05) is 13.0 Å². The van der Waals surface area contributed by atoms with E-state index in [1.165, 1.54) is 70.6 Å². The van der Waals surface area contributed by atoms with E-state index in [0.29, 0.717) is 19.3 Å². The van der Waals surface area contributed by atoms with E-state index in [2.05, 4.69) is 0 Å². The lowest BCUT2D eigenvalue weighted by atomic mass is 9.97. The maximum atomic E-state index is 11.0. The van der Waals surface area contributed by atoms with E-state index in [1.54, 1.807) is 0 Å². The summed E-state index contributed by atoms with van der Waals surface area (Å²) in [4.78, 5) is 21.4. The van der Waals surface area contributed by atoms with Gasteiger partial charge < -0.3 is 15.3 Å². The molecule has 0 heterocycles. The van der Waals surface area contributed by atoms with Crippen LogP contribution in [0.4, 0.5) is 0 Å². The average Bonchev–Trinajstić information content (AvgIpc) is 2.62. The number of rotatable bonds is 21. The first-order valence-electron chi connectivity index (χ1n) is 11.1. The molecule has 160 valence electrons. The highest BCUT2D eigenvalue weighted by Gasteiger charge is 2.15. The van der Waals surface area contributed by atoms with Crippen LogP contribution in [0.3, 0.4) is 0 Å². The zero-order valence-electron chi connectivity index (χ0n) is 17.2. The summed E-state index contributed by atoms with van der Waals surface area (Å²) in [6.45, 7) is -0.0379. The molecule has 3 N–H and O–H groups in total. The third-order valence-electron chi connectivity index (χ3n) is 5.27. The van der Waals surface area contributed by atoms with Crippen LogP contribution in [0.15, 0.2) is 0 Å². The molecule has 0 saturated carbocycles. The number of carboxylic acids is 2. The van der Waals surface area contributed by atoms with Crippen molar-refractivity contribution in [1.82, 2.24) is 0 Å². The average molecular weight is 387 g/mol. The Labute approximate surface area is 165 Å². The van der Waals surface area contributed by atoms with Crippen LogP contribution in [0.25, 0.3) is 0 Å². The molecule has 0 aromatic carbocycles. The van der Waals surface area contributed by atoms with Crippen LogP contribution in [0.5, 0.6) is 0 Å². The van der Waals surface area contributed by atoms with Crippen molar-refractivity contribution < 1.29 is 24.9 Å². The highest BCUT2D eigenvalue weighted by atomic mass is 16.4. The third-order valence-corrected chi connectivity index (χ3v) is 5.27. The summed E-state index contributed by atoms with van der Waals surface area (Å²) in [6.07, 6.45) is 19.2. The summed E-state index contributed by atoms with van der Waals surface area (Å²) in [5.74, 6) is -1.83. The summed E-state index contributed by atoms with van der Waals surface area (Å²) >= 11 is 0. The molecule has 0 radical (unpaired) electrons. The fraction of sp³-hybridized carbons (Fsp3) is 0.909. The second-order valence-corrected chi connectivity index (χ2v) is 7.78. The van der Waals surface area contributed by atoms with E-state index < -0.39 is 11.9 Å². The molecule has 0 aliphatic rings. The number of aliphatic hydroxyl groups excluding tert-OH is 1. The predicted octanol–water partition coefficient (Wildman–Crippen LogP) is 5.79. The number of aliphatic carboxylic acids is 2. The molecule has 5 heteroatoms. The first-order chi connectivity index (χ1) is 13.1. The Kier molecular flexibility index (Phi) is 18.9. The minimum absolute atomic E-state index is 0.0379. The molecule has 0 aliphatic heterocycles. The summed E-state index contributed by atoms with van der Waals surface area (Å²) in [7, 11) is 0. The Bertz CT molecular complexity index is 357. The van der Waals surface area contributed by atoms with Gasteiger partial charge in [-0.2, -0.15) is 0 Å². The quantitative estimate of drug-likeness (QED) is 0.217. The molecule has 0 saturated heterocycles. The lowest BCUT2D eigenvalue weighted by Gasteiger charge is -2.10. The number of aliphatic hydroxyl groups is 1. The Morgan fingerprint density at radius 3 is 1.26 bits per heavy atom. The summed E-state index contributed by atoms with van der Waals surface area (Å²) in [5.41, 5.74) is 0. The van der Waals surface area contributed by atoms with Gasteiger partial charge in [0.05, 0.1) is 5.92 Å².